The van der Waals surface area contributed by atoms with E-state index in [0.717, 1.165) is 11.4 Å². The van der Waals surface area contributed by atoms with Crippen LogP contribution in [-0.4, -0.2) is 0 Å². The maximum Gasteiger partial charge on any atom is 0.219 e. The van der Waals surface area contributed by atoms with Crippen LogP contribution >= 0.6 is 0 Å². The fourth-order valence-corrected chi connectivity index (χ4v) is 1.38. The highest BCUT2D eigenvalue weighted by Gasteiger charge is 2.04. The van der Waals surface area contributed by atoms with E-state index in [0.29, 0.717) is 6.61 Å². The summed E-state index contributed by atoms with van der Waals surface area (Å²) in [5, 5.41) is 0. The largest absolute Gasteiger partial charge is 0.483 e. The van der Waals surface area contributed by atoms with Crippen molar-refractivity contribution in [2.45, 2.75) is 6.61 Å². The van der Waals surface area contributed by atoms with Crippen molar-refractivity contribution in [2.75, 3.05) is 0 Å². The second-order valence-electron chi connectivity index (χ2n) is 3.40. The van der Waals surface area contributed by atoms with Gasteiger partial charge in [0.05, 0.1) is 0 Å². The highest BCUT2D eigenvalue weighted by atomic mass is 16.5. The van der Waals surface area contributed by atoms with Crippen LogP contribution in [0.5, 0.6) is 5.75 Å². The van der Waals surface area contributed by atoms with Crippen LogP contribution in [0.2, 0.25) is 0 Å². The van der Waals surface area contributed by atoms with E-state index in [1.165, 1.54) is 0 Å². The van der Waals surface area contributed by atoms with E-state index in [1.54, 1.807) is 0 Å². The maximum atomic E-state index is 5.65. The third-order valence-corrected chi connectivity index (χ3v) is 2.29. The molecule has 0 aliphatic rings. The molecule has 15 heavy (non-hydrogen) atoms. The molecule has 0 unspecified atom stereocenters. The Morgan fingerprint density at radius 3 is 2.47 bits per heavy atom. The Morgan fingerprint density at radius 2 is 1.73 bits per heavy atom. The van der Waals surface area contributed by atoms with E-state index in [2.05, 4.69) is 10.6 Å². The van der Waals surface area contributed by atoms with Crippen LogP contribution in [0.15, 0.2) is 54.7 Å². The number of aromatic nitrogens is 1. The van der Waals surface area contributed by atoms with Crippen molar-refractivity contribution in [1.82, 2.24) is 0 Å². The molecule has 2 rings (SSSR count). The highest BCUT2D eigenvalue weighted by Crippen LogP contribution is 2.09. The topological polar surface area (TPSA) is 13.1 Å². The number of para-hydroxylation sites is 1. The fourth-order valence-electron chi connectivity index (χ4n) is 1.38. The minimum absolute atomic E-state index is 0.599. The van der Waals surface area contributed by atoms with Gasteiger partial charge in [-0.25, -0.2) is 4.57 Å². The molecule has 0 radical (unpaired) electrons. The van der Waals surface area contributed by atoms with Crippen LogP contribution < -0.4 is 9.30 Å². The Bertz CT molecular complexity index is 426. The smallest absolute Gasteiger partial charge is 0.219 e. The van der Waals surface area contributed by atoms with Crippen molar-refractivity contribution in [1.29, 1.82) is 0 Å². The summed E-state index contributed by atoms with van der Waals surface area (Å²) in [5.41, 5.74) is 1.15. The molecule has 0 atom stereocenters. The molecule has 0 aliphatic heterocycles. The maximum absolute atomic E-state index is 5.65. The minimum Gasteiger partial charge on any atom is -0.483 e. The lowest BCUT2D eigenvalue weighted by Crippen LogP contribution is -2.33. The molecule has 0 bridgehead atoms. The molecule has 0 amide bonds. The molecule has 2 aromatic rings. The summed E-state index contributed by atoms with van der Waals surface area (Å²) in [6.45, 7) is 0.599. The average molecular weight is 200 g/mol. The molecule has 76 valence electrons. The van der Waals surface area contributed by atoms with Gasteiger partial charge in [0.1, 0.15) is 12.8 Å². The molecule has 2 nitrogen and oxygen atoms in total. The van der Waals surface area contributed by atoms with E-state index < -0.39 is 0 Å². The summed E-state index contributed by atoms with van der Waals surface area (Å²) in [7, 11) is 2.02. The lowest BCUT2D eigenvalue weighted by molar-refractivity contribution is -0.680. The van der Waals surface area contributed by atoms with Crippen LogP contribution in [0.1, 0.15) is 5.69 Å². The standard InChI is InChI=1S/C13H14NO/c1-14-10-6-5-7-12(14)11-15-13-8-3-2-4-9-13/h2-10H,11H2,1H3/q+1. The average Bonchev–Trinajstić information content (AvgIpc) is 2.29. The van der Waals surface area contributed by atoms with Crippen molar-refractivity contribution in [3.63, 3.8) is 0 Å². The molecule has 0 saturated heterocycles. The van der Waals surface area contributed by atoms with Crippen molar-refractivity contribution >= 4 is 0 Å². The first-order chi connectivity index (χ1) is 7.36. The van der Waals surface area contributed by atoms with Gasteiger partial charge < -0.3 is 4.74 Å². The van der Waals surface area contributed by atoms with Gasteiger partial charge in [-0.3, -0.25) is 0 Å². The minimum atomic E-state index is 0.599. The molecule has 0 spiro atoms. The molecule has 1 aromatic heterocycles. The third-order valence-electron chi connectivity index (χ3n) is 2.29. The predicted molar refractivity (Wildman–Crippen MR) is 58.4 cm³/mol. The molecular formula is C13H14NO+. The van der Waals surface area contributed by atoms with Gasteiger partial charge in [-0.15, -0.1) is 0 Å². The van der Waals surface area contributed by atoms with Gasteiger partial charge in [-0.2, -0.15) is 0 Å². The summed E-state index contributed by atoms with van der Waals surface area (Å²) < 4.78 is 7.71. The summed E-state index contributed by atoms with van der Waals surface area (Å²) in [6.07, 6.45) is 2.02. The number of hydrogen-bond acceptors (Lipinski definition) is 1. The van der Waals surface area contributed by atoms with E-state index in [1.807, 2.05) is 55.7 Å². The molecule has 0 saturated carbocycles. The van der Waals surface area contributed by atoms with E-state index >= 15 is 0 Å². The zero-order chi connectivity index (χ0) is 10.5. The van der Waals surface area contributed by atoms with Crippen LogP contribution in [0.3, 0.4) is 0 Å². The Labute approximate surface area is 89.8 Å². The fraction of sp³-hybridized carbons (Fsp3) is 0.154. The van der Waals surface area contributed by atoms with Gasteiger partial charge in [0.25, 0.3) is 0 Å². The number of nitrogens with zero attached hydrogens (tertiary/aromatic N) is 1. The van der Waals surface area contributed by atoms with Crippen molar-refractivity contribution in [3.8, 4) is 5.75 Å². The van der Waals surface area contributed by atoms with Gasteiger partial charge in [0.2, 0.25) is 5.69 Å². The van der Waals surface area contributed by atoms with Gasteiger partial charge in [0, 0.05) is 12.1 Å². The molecule has 0 aliphatic carbocycles. The van der Waals surface area contributed by atoms with Gasteiger partial charge in [-0.1, -0.05) is 18.2 Å². The second-order valence-corrected chi connectivity index (χ2v) is 3.40. The van der Waals surface area contributed by atoms with E-state index in [9.17, 15) is 0 Å². The zero-order valence-corrected chi connectivity index (χ0v) is 8.76. The van der Waals surface area contributed by atoms with Crippen molar-refractivity contribution in [2.24, 2.45) is 7.05 Å². The first kappa shape index (κ1) is 9.71. The predicted octanol–water partition coefficient (Wildman–Crippen LogP) is 2.09. The Balaban J connectivity index is 2.03. The molecule has 1 aromatic carbocycles. The van der Waals surface area contributed by atoms with Crippen LogP contribution in [-0.2, 0) is 13.7 Å². The molecule has 0 N–H and O–H groups in total. The number of rotatable bonds is 3. The normalized spacial score (nSPS) is 9.93. The number of ether oxygens (including phenoxy) is 1. The lowest BCUT2D eigenvalue weighted by atomic mass is 10.3. The van der Waals surface area contributed by atoms with Crippen LogP contribution in [0.4, 0.5) is 0 Å². The van der Waals surface area contributed by atoms with Gasteiger partial charge in [-0.05, 0) is 18.2 Å². The quantitative estimate of drug-likeness (QED) is 0.691. The van der Waals surface area contributed by atoms with Gasteiger partial charge >= 0.3 is 0 Å². The van der Waals surface area contributed by atoms with E-state index in [-0.39, 0.29) is 0 Å². The summed E-state index contributed by atoms with van der Waals surface area (Å²) in [6, 6.07) is 15.9. The van der Waals surface area contributed by atoms with Crippen molar-refractivity contribution in [3.05, 3.63) is 60.4 Å². The number of hydrogen-bond donors (Lipinski definition) is 0. The van der Waals surface area contributed by atoms with Gasteiger partial charge in [0.15, 0.2) is 12.8 Å². The Morgan fingerprint density at radius 1 is 1.00 bits per heavy atom. The van der Waals surface area contributed by atoms with E-state index in [4.69, 9.17) is 4.74 Å². The molecule has 0 fully saturated rings. The number of pyridine rings is 1. The Kier molecular flexibility index (Phi) is 2.98. The lowest BCUT2D eigenvalue weighted by Gasteiger charge is -2.03. The molecule has 2 heteroatoms. The first-order valence-electron chi connectivity index (χ1n) is 4.97. The summed E-state index contributed by atoms with van der Waals surface area (Å²) in [4.78, 5) is 0. The van der Waals surface area contributed by atoms with Crippen molar-refractivity contribution < 1.29 is 9.30 Å². The SMILES string of the molecule is C[n+]1ccccc1COc1ccccc1. The number of benzene rings is 1. The monoisotopic (exact) mass is 200 g/mol. The Hall–Kier alpha value is -1.83. The summed E-state index contributed by atoms with van der Waals surface area (Å²) in [5.74, 6) is 0.904. The summed E-state index contributed by atoms with van der Waals surface area (Å²) >= 11 is 0. The number of aryl methyl sites for hydroxylation is 1. The second kappa shape index (κ2) is 4.60. The zero-order valence-electron chi connectivity index (χ0n) is 8.76. The van der Waals surface area contributed by atoms with Crippen LogP contribution in [0.25, 0.3) is 0 Å². The highest BCUT2D eigenvalue weighted by molar-refractivity contribution is 5.21. The first-order valence-corrected chi connectivity index (χ1v) is 4.97. The third kappa shape index (κ3) is 2.56. The molecule has 1 heterocycles. The molecular weight excluding hydrogens is 186 g/mol. The van der Waals surface area contributed by atoms with Crippen LogP contribution in [0, 0.1) is 0 Å².